The molecule has 0 radical (unpaired) electrons. The Hall–Kier alpha value is -2.41. The first kappa shape index (κ1) is 18.9. The Morgan fingerprint density at radius 2 is 1.88 bits per heavy atom. The summed E-state index contributed by atoms with van der Waals surface area (Å²) in [5.74, 6) is -0.302. The molecule has 1 aliphatic rings. The highest BCUT2D eigenvalue weighted by Crippen LogP contribution is 2.25. The van der Waals surface area contributed by atoms with Gasteiger partial charge in [-0.3, -0.25) is 19.6 Å². The molecule has 0 spiro atoms. The lowest BCUT2D eigenvalue weighted by Gasteiger charge is -2.17. The molecular weight excluding hydrogens is 322 g/mol. The first-order valence-electron chi connectivity index (χ1n) is 8.64. The van der Waals surface area contributed by atoms with Crippen molar-refractivity contribution < 1.29 is 19.6 Å². The first-order valence-corrected chi connectivity index (χ1v) is 8.64. The van der Waals surface area contributed by atoms with Gasteiger partial charge in [0.1, 0.15) is 0 Å². The third-order valence-corrected chi connectivity index (χ3v) is 4.19. The fraction of sp³-hybridized carbons (Fsp3) is 0.500. The van der Waals surface area contributed by atoms with Gasteiger partial charge in [-0.15, -0.1) is 0 Å². The minimum atomic E-state index is -0.290. The molecule has 1 aromatic rings. The van der Waals surface area contributed by atoms with Crippen LogP contribution in [-0.4, -0.2) is 35.0 Å². The topological polar surface area (TPSA) is 98.7 Å². The average Bonchev–Trinajstić information content (AvgIpc) is 2.57. The van der Waals surface area contributed by atoms with E-state index in [9.17, 15) is 14.4 Å². The summed E-state index contributed by atoms with van der Waals surface area (Å²) < 4.78 is 0. The molecule has 25 heavy (non-hydrogen) atoms. The third kappa shape index (κ3) is 6.19. The van der Waals surface area contributed by atoms with Crippen LogP contribution in [0.4, 0.5) is 11.4 Å². The highest BCUT2D eigenvalue weighted by molar-refractivity contribution is 5.95. The van der Waals surface area contributed by atoms with Crippen LogP contribution in [0.5, 0.6) is 0 Å². The molecule has 1 aromatic carbocycles. The van der Waals surface area contributed by atoms with Crippen LogP contribution in [0.3, 0.4) is 0 Å². The molecule has 0 saturated heterocycles. The quantitative estimate of drug-likeness (QED) is 0.382. The highest BCUT2D eigenvalue weighted by atomic mass is 16.5. The van der Waals surface area contributed by atoms with Gasteiger partial charge in [-0.2, -0.15) is 0 Å². The van der Waals surface area contributed by atoms with Crippen molar-refractivity contribution in [2.24, 2.45) is 0 Å². The molecule has 0 saturated carbocycles. The third-order valence-electron chi connectivity index (χ3n) is 4.19. The van der Waals surface area contributed by atoms with Crippen molar-refractivity contribution in [1.82, 2.24) is 5.06 Å². The van der Waals surface area contributed by atoms with Crippen molar-refractivity contribution in [2.45, 2.75) is 51.4 Å². The van der Waals surface area contributed by atoms with Gasteiger partial charge in [0.05, 0.1) is 0 Å². The molecule has 136 valence electrons. The molecule has 1 aliphatic heterocycles. The van der Waals surface area contributed by atoms with E-state index >= 15 is 0 Å². The summed E-state index contributed by atoms with van der Waals surface area (Å²) in [6.07, 6.45) is 5.10. The molecule has 2 rings (SSSR count). The van der Waals surface area contributed by atoms with Crippen LogP contribution in [0.15, 0.2) is 18.2 Å². The van der Waals surface area contributed by atoms with Gasteiger partial charge in [0.15, 0.2) is 0 Å². The summed E-state index contributed by atoms with van der Waals surface area (Å²) in [7, 11) is 1.32. The standard InChI is InChI=1S/C18H25N3O4/c1-21(25)18(24)7-5-3-2-4-6-16(22)19-14-9-10-15-13(12-14)8-11-17(23)20-15/h9-10,12,25H,2-8,11H2,1H3,(H,19,22)(H,20,23). The lowest BCUT2D eigenvalue weighted by atomic mass is 10.0. The van der Waals surface area contributed by atoms with Crippen LogP contribution in [0.2, 0.25) is 0 Å². The van der Waals surface area contributed by atoms with E-state index in [1.165, 1.54) is 7.05 Å². The lowest BCUT2D eigenvalue weighted by molar-refractivity contribution is -0.159. The predicted octanol–water partition coefficient (Wildman–Crippen LogP) is 2.70. The van der Waals surface area contributed by atoms with Crippen LogP contribution in [0.25, 0.3) is 0 Å². The van der Waals surface area contributed by atoms with E-state index in [0.29, 0.717) is 37.2 Å². The second-order valence-corrected chi connectivity index (χ2v) is 6.30. The van der Waals surface area contributed by atoms with E-state index in [4.69, 9.17) is 5.21 Å². The first-order chi connectivity index (χ1) is 12.0. The molecule has 0 aliphatic carbocycles. The SMILES string of the molecule is CN(O)C(=O)CCCCCCC(=O)Nc1ccc2c(c1)CCC(=O)N2. The molecule has 0 atom stereocenters. The van der Waals surface area contributed by atoms with Crippen molar-refractivity contribution in [1.29, 1.82) is 0 Å². The second-order valence-electron chi connectivity index (χ2n) is 6.30. The summed E-state index contributed by atoms with van der Waals surface area (Å²) in [6, 6.07) is 5.51. The molecule has 7 nitrogen and oxygen atoms in total. The number of unbranched alkanes of at least 4 members (excludes halogenated alkanes) is 3. The Morgan fingerprint density at radius 3 is 2.60 bits per heavy atom. The number of hydrogen-bond donors (Lipinski definition) is 3. The fourth-order valence-corrected chi connectivity index (χ4v) is 2.76. The number of amides is 3. The van der Waals surface area contributed by atoms with Crippen molar-refractivity contribution in [2.75, 3.05) is 17.7 Å². The summed E-state index contributed by atoms with van der Waals surface area (Å²) in [4.78, 5) is 34.5. The van der Waals surface area contributed by atoms with Gasteiger partial charge in [0.25, 0.3) is 0 Å². The lowest BCUT2D eigenvalue weighted by Crippen LogP contribution is -2.21. The number of nitrogens with one attached hydrogen (secondary N) is 2. The monoisotopic (exact) mass is 347 g/mol. The van der Waals surface area contributed by atoms with Crippen molar-refractivity contribution in [3.63, 3.8) is 0 Å². The molecule has 0 aromatic heterocycles. The van der Waals surface area contributed by atoms with E-state index in [1.807, 2.05) is 12.1 Å². The summed E-state index contributed by atoms with van der Waals surface area (Å²) >= 11 is 0. The molecule has 0 bridgehead atoms. The average molecular weight is 347 g/mol. The Kier molecular flexibility index (Phi) is 6.94. The van der Waals surface area contributed by atoms with Crippen molar-refractivity contribution in [3.05, 3.63) is 23.8 Å². The summed E-state index contributed by atoms with van der Waals surface area (Å²) in [5, 5.41) is 15.2. The van der Waals surface area contributed by atoms with E-state index in [0.717, 1.165) is 36.2 Å². The van der Waals surface area contributed by atoms with Crippen LogP contribution in [0, 0.1) is 0 Å². The maximum atomic E-state index is 12.0. The molecule has 3 N–H and O–H groups in total. The Balaban J connectivity index is 1.65. The molecule has 1 heterocycles. The fourth-order valence-electron chi connectivity index (χ4n) is 2.76. The number of anilines is 2. The van der Waals surface area contributed by atoms with Gasteiger partial charge in [-0.1, -0.05) is 12.8 Å². The van der Waals surface area contributed by atoms with E-state index in [2.05, 4.69) is 10.6 Å². The second kappa shape index (κ2) is 9.17. The zero-order valence-electron chi connectivity index (χ0n) is 14.5. The van der Waals surface area contributed by atoms with Crippen molar-refractivity contribution >= 4 is 29.1 Å². The molecule has 7 heteroatoms. The Labute approximate surface area is 147 Å². The smallest absolute Gasteiger partial charge is 0.245 e. The zero-order valence-corrected chi connectivity index (χ0v) is 14.5. The largest absolute Gasteiger partial charge is 0.326 e. The number of fused-ring (bicyclic) bond motifs is 1. The van der Waals surface area contributed by atoms with Crippen LogP contribution >= 0.6 is 0 Å². The number of carbonyl (C=O) groups excluding carboxylic acids is 3. The molecule has 3 amide bonds. The van der Waals surface area contributed by atoms with Crippen LogP contribution in [0.1, 0.15) is 50.5 Å². The van der Waals surface area contributed by atoms with E-state index < -0.39 is 0 Å². The van der Waals surface area contributed by atoms with Crippen molar-refractivity contribution in [3.8, 4) is 0 Å². The Bertz CT molecular complexity index is 643. The minimum absolute atomic E-state index is 0.0246. The van der Waals surface area contributed by atoms with Crippen LogP contribution < -0.4 is 10.6 Å². The maximum absolute atomic E-state index is 12.0. The number of aryl methyl sites for hydroxylation is 1. The Morgan fingerprint density at radius 1 is 1.16 bits per heavy atom. The minimum Gasteiger partial charge on any atom is -0.326 e. The number of hydroxylamine groups is 2. The summed E-state index contributed by atoms with van der Waals surface area (Å²) in [6.45, 7) is 0. The van der Waals surface area contributed by atoms with Gasteiger partial charge in [0.2, 0.25) is 17.7 Å². The summed E-state index contributed by atoms with van der Waals surface area (Å²) in [5.41, 5.74) is 2.60. The van der Waals surface area contributed by atoms with Crippen LogP contribution in [-0.2, 0) is 20.8 Å². The van der Waals surface area contributed by atoms with Gasteiger partial charge in [-0.05, 0) is 43.0 Å². The van der Waals surface area contributed by atoms with E-state index in [1.54, 1.807) is 6.07 Å². The predicted molar refractivity (Wildman–Crippen MR) is 94.3 cm³/mol. The van der Waals surface area contributed by atoms with E-state index in [-0.39, 0.29) is 17.7 Å². The van der Waals surface area contributed by atoms with Gasteiger partial charge in [0, 0.05) is 37.7 Å². The normalized spacial score (nSPS) is 13.0. The number of benzene rings is 1. The number of rotatable bonds is 8. The van der Waals surface area contributed by atoms with Gasteiger partial charge < -0.3 is 10.6 Å². The number of hydrogen-bond acceptors (Lipinski definition) is 4. The highest BCUT2D eigenvalue weighted by Gasteiger charge is 2.15. The maximum Gasteiger partial charge on any atom is 0.245 e. The molecular formula is C18H25N3O4. The van der Waals surface area contributed by atoms with Gasteiger partial charge in [-0.25, -0.2) is 5.06 Å². The number of carbonyl (C=O) groups is 3. The zero-order chi connectivity index (χ0) is 18.2. The number of nitrogens with zero attached hydrogens (tertiary/aromatic N) is 1. The molecule has 0 fully saturated rings. The molecule has 0 unspecified atom stereocenters. The van der Waals surface area contributed by atoms with Gasteiger partial charge >= 0.3 is 0 Å².